The van der Waals surface area contributed by atoms with Crippen molar-refractivity contribution in [2.45, 2.75) is 13.0 Å². The monoisotopic (exact) mass is 278 g/mol. The van der Waals surface area contributed by atoms with Gasteiger partial charge in [-0.3, -0.25) is 4.79 Å². The van der Waals surface area contributed by atoms with Crippen LogP contribution in [0.5, 0.6) is 0 Å². The first-order chi connectivity index (χ1) is 10.2. The molecule has 106 valence electrons. The van der Waals surface area contributed by atoms with E-state index in [0.29, 0.717) is 6.54 Å². The molecule has 0 saturated heterocycles. The zero-order valence-electron chi connectivity index (χ0n) is 12.0. The average Bonchev–Trinajstić information content (AvgIpc) is 2.50. The first kappa shape index (κ1) is 13.4. The van der Waals surface area contributed by atoms with Gasteiger partial charge in [-0.15, -0.1) is 0 Å². The van der Waals surface area contributed by atoms with Crippen LogP contribution in [0.2, 0.25) is 0 Å². The number of para-hydroxylation sites is 2. The number of nitrogens with zero attached hydrogens (tertiary/aromatic N) is 1. The standard InChI is InChI=1S/C18H18N2O/c1-13(2)12-20-16-11-7-6-10-15(16)19-17(18(20)21)14-8-4-3-5-9-14/h3-11,17,19H,1,12H2,2H3. The summed E-state index contributed by atoms with van der Waals surface area (Å²) in [4.78, 5) is 14.7. The molecule has 1 aliphatic rings. The number of amides is 1. The maximum Gasteiger partial charge on any atom is 0.254 e. The van der Waals surface area contributed by atoms with E-state index in [1.54, 1.807) is 0 Å². The van der Waals surface area contributed by atoms with Gasteiger partial charge in [0.2, 0.25) is 0 Å². The number of rotatable bonds is 3. The van der Waals surface area contributed by atoms with Crippen molar-refractivity contribution in [2.24, 2.45) is 0 Å². The van der Waals surface area contributed by atoms with E-state index >= 15 is 0 Å². The van der Waals surface area contributed by atoms with Gasteiger partial charge in [-0.25, -0.2) is 0 Å². The lowest BCUT2D eigenvalue weighted by Crippen LogP contribution is -2.43. The van der Waals surface area contributed by atoms with Crippen LogP contribution in [-0.4, -0.2) is 12.5 Å². The summed E-state index contributed by atoms with van der Waals surface area (Å²) < 4.78 is 0. The van der Waals surface area contributed by atoms with Crippen LogP contribution < -0.4 is 10.2 Å². The molecule has 1 amide bonds. The molecule has 3 heteroatoms. The maximum absolute atomic E-state index is 12.8. The number of fused-ring (bicyclic) bond motifs is 1. The Morgan fingerprint density at radius 3 is 2.52 bits per heavy atom. The number of benzene rings is 2. The summed E-state index contributed by atoms with van der Waals surface area (Å²) in [6, 6.07) is 17.3. The van der Waals surface area contributed by atoms with E-state index in [9.17, 15) is 4.79 Å². The Morgan fingerprint density at radius 2 is 1.81 bits per heavy atom. The molecule has 0 aromatic heterocycles. The second-order valence-corrected chi connectivity index (χ2v) is 5.39. The lowest BCUT2D eigenvalue weighted by Gasteiger charge is -2.35. The fraction of sp³-hybridized carbons (Fsp3) is 0.167. The van der Waals surface area contributed by atoms with E-state index in [4.69, 9.17) is 0 Å². The molecule has 0 saturated carbocycles. The van der Waals surface area contributed by atoms with Gasteiger partial charge >= 0.3 is 0 Å². The van der Waals surface area contributed by atoms with Crippen molar-refractivity contribution in [2.75, 3.05) is 16.8 Å². The molecule has 0 spiro atoms. The van der Waals surface area contributed by atoms with Gasteiger partial charge in [-0.2, -0.15) is 0 Å². The van der Waals surface area contributed by atoms with Crippen molar-refractivity contribution < 1.29 is 4.79 Å². The van der Waals surface area contributed by atoms with E-state index in [1.165, 1.54) is 0 Å². The van der Waals surface area contributed by atoms with Crippen LogP contribution in [-0.2, 0) is 4.79 Å². The number of carbonyl (C=O) groups excluding carboxylic acids is 1. The Balaban J connectivity index is 2.04. The van der Waals surface area contributed by atoms with Crippen LogP contribution >= 0.6 is 0 Å². The van der Waals surface area contributed by atoms with Crippen molar-refractivity contribution in [3.05, 3.63) is 72.3 Å². The first-order valence-corrected chi connectivity index (χ1v) is 7.03. The molecule has 2 aromatic rings. The Kier molecular flexibility index (Phi) is 3.48. The summed E-state index contributed by atoms with van der Waals surface area (Å²) in [7, 11) is 0. The highest BCUT2D eigenvalue weighted by Crippen LogP contribution is 2.36. The summed E-state index contributed by atoms with van der Waals surface area (Å²) in [6.07, 6.45) is 0. The number of hydrogen-bond donors (Lipinski definition) is 1. The highest BCUT2D eigenvalue weighted by molar-refractivity contribution is 6.05. The molecular formula is C18H18N2O. The predicted molar refractivity (Wildman–Crippen MR) is 86.4 cm³/mol. The Labute approximate surface area is 124 Å². The minimum atomic E-state index is -0.347. The van der Waals surface area contributed by atoms with Gasteiger partial charge in [0.1, 0.15) is 6.04 Å². The van der Waals surface area contributed by atoms with Gasteiger partial charge in [0, 0.05) is 6.54 Å². The molecule has 21 heavy (non-hydrogen) atoms. The van der Waals surface area contributed by atoms with Crippen LogP contribution in [0.3, 0.4) is 0 Å². The zero-order chi connectivity index (χ0) is 14.8. The Morgan fingerprint density at radius 1 is 1.14 bits per heavy atom. The van der Waals surface area contributed by atoms with Crippen molar-refractivity contribution >= 4 is 17.3 Å². The number of carbonyl (C=O) groups is 1. The second-order valence-electron chi connectivity index (χ2n) is 5.39. The SMILES string of the molecule is C=C(C)CN1C(=O)C(c2ccccc2)Nc2ccccc21. The third kappa shape index (κ3) is 2.55. The van der Waals surface area contributed by atoms with Crippen molar-refractivity contribution in [1.82, 2.24) is 0 Å². The van der Waals surface area contributed by atoms with Crippen molar-refractivity contribution in [3.63, 3.8) is 0 Å². The fourth-order valence-corrected chi connectivity index (χ4v) is 2.63. The molecule has 0 bridgehead atoms. The molecule has 0 aliphatic carbocycles. The Hall–Kier alpha value is -2.55. The maximum atomic E-state index is 12.8. The molecular weight excluding hydrogens is 260 g/mol. The highest BCUT2D eigenvalue weighted by Gasteiger charge is 2.32. The second kappa shape index (κ2) is 5.44. The third-order valence-electron chi connectivity index (χ3n) is 3.57. The molecule has 2 aromatic carbocycles. The molecule has 0 fully saturated rings. The molecule has 1 aliphatic heterocycles. The summed E-state index contributed by atoms with van der Waals surface area (Å²) in [6.45, 7) is 6.42. The Bertz CT molecular complexity index is 679. The fourth-order valence-electron chi connectivity index (χ4n) is 2.63. The van der Waals surface area contributed by atoms with Gasteiger partial charge in [0.05, 0.1) is 11.4 Å². The smallest absolute Gasteiger partial charge is 0.254 e. The summed E-state index contributed by atoms with van der Waals surface area (Å²) in [5.41, 5.74) is 3.83. The summed E-state index contributed by atoms with van der Waals surface area (Å²) in [5.74, 6) is 0.0582. The number of hydrogen-bond acceptors (Lipinski definition) is 2. The highest BCUT2D eigenvalue weighted by atomic mass is 16.2. The van der Waals surface area contributed by atoms with E-state index in [-0.39, 0.29) is 11.9 Å². The van der Waals surface area contributed by atoms with Crippen LogP contribution in [0.1, 0.15) is 18.5 Å². The molecule has 1 atom stereocenters. The average molecular weight is 278 g/mol. The normalized spacial score (nSPS) is 17.1. The topological polar surface area (TPSA) is 32.3 Å². The van der Waals surface area contributed by atoms with Gasteiger partial charge in [-0.05, 0) is 24.6 Å². The van der Waals surface area contributed by atoms with E-state index in [2.05, 4.69) is 11.9 Å². The molecule has 0 radical (unpaired) electrons. The lowest BCUT2D eigenvalue weighted by molar-refractivity contribution is -0.119. The van der Waals surface area contributed by atoms with Gasteiger partial charge in [0.25, 0.3) is 5.91 Å². The predicted octanol–water partition coefficient (Wildman–Crippen LogP) is 3.76. The van der Waals surface area contributed by atoms with Crippen LogP contribution in [0.15, 0.2) is 66.7 Å². The van der Waals surface area contributed by atoms with Crippen LogP contribution in [0.4, 0.5) is 11.4 Å². The molecule has 1 N–H and O–H groups in total. The van der Waals surface area contributed by atoms with Gasteiger partial charge in [-0.1, -0.05) is 54.6 Å². The zero-order valence-corrected chi connectivity index (χ0v) is 12.0. The van der Waals surface area contributed by atoms with E-state index in [0.717, 1.165) is 22.5 Å². The number of anilines is 2. The van der Waals surface area contributed by atoms with E-state index < -0.39 is 0 Å². The lowest BCUT2D eigenvalue weighted by atomic mass is 10.0. The summed E-state index contributed by atoms with van der Waals surface area (Å²) in [5, 5.41) is 3.35. The third-order valence-corrected chi connectivity index (χ3v) is 3.57. The molecule has 3 rings (SSSR count). The molecule has 3 nitrogen and oxygen atoms in total. The molecule has 1 heterocycles. The van der Waals surface area contributed by atoms with Gasteiger partial charge in [0.15, 0.2) is 0 Å². The largest absolute Gasteiger partial charge is 0.368 e. The van der Waals surface area contributed by atoms with Crippen molar-refractivity contribution in [3.8, 4) is 0 Å². The van der Waals surface area contributed by atoms with Crippen molar-refractivity contribution in [1.29, 1.82) is 0 Å². The molecule has 1 unspecified atom stereocenters. The quantitative estimate of drug-likeness (QED) is 0.867. The minimum Gasteiger partial charge on any atom is -0.368 e. The summed E-state index contributed by atoms with van der Waals surface area (Å²) >= 11 is 0. The van der Waals surface area contributed by atoms with Crippen LogP contribution in [0, 0.1) is 0 Å². The van der Waals surface area contributed by atoms with Gasteiger partial charge < -0.3 is 10.2 Å². The van der Waals surface area contributed by atoms with E-state index in [1.807, 2.05) is 66.4 Å². The first-order valence-electron chi connectivity index (χ1n) is 7.03. The minimum absolute atomic E-state index is 0.0582. The van der Waals surface area contributed by atoms with Crippen LogP contribution in [0.25, 0.3) is 0 Å². The number of nitrogens with one attached hydrogen (secondary N) is 1.